The van der Waals surface area contributed by atoms with E-state index >= 15 is 0 Å². The fourth-order valence-electron chi connectivity index (χ4n) is 5.55. The Balaban J connectivity index is 0.00000337. The monoisotopic (exact) mass is 652 g/mol. The van der Waals surface area contributed by atoms with Gasteiger partial charge in [-0.1, -0.05) is 13.8 Å². The first kappa shape index (κ1) is 38.0. The lowest BCUT2D eigenvalue weighted by molar-refractivity contribution is 0.0254. The van der Waals surface area contributed by atoms with Gasteiger partial charge in [-0.3, -0.25) is 19.4 Å². The van der Waals surface area contributed by atoms with Crippen molar-refractivity contribution in [2.45, 2.75) is 39.5 Å². The van der Waals surface area contributed by atoms with Gasteiger partial charge in [0.2, 0.25) is 0 Å². The Morgan fingerprint density at radius 2 is 0.977 bits per heavy atom. The second kappa shape index (κ2) is 20.8. The maximum absolute atomic E-state index is 13.9. The van der Waals surface area contributed by atoms with E-state index in [0.29, 0.717) is 76.7 Å². The molecule has 0 radical (unpaired) electrons. The van der Waals surface area contributed by atoms with E-state index in [1.54, 1.807) is 0 Å². The van der Waals surface area contributed by atoms with Crippen LogP contribution in [-0.4, -0.2) is 100 Å². The summed E-state index contributed by atoms with van der Waals surface area (Å²) in [5.41, 5.74) is 1.38. The van der Waals surface area contributed by atoms with Crippen LogP contribution in [0, 0.1) is 11.8 Å². The number of hydrogen-bond donors (Lipinski definition) is 0. The topological polar surface area (TPSA) is 77.5 Å². The van der Waals surface area contributed by atoms with Crippen LogP contribution in [0.15, 0.2) is 48.5 Å². The molecule has 2 unspecified atom stereocenters. The van der Waals surface area contributed by atoms with Gasteiger partial charge in [-0.25, -0.2) is 0 Å². The Bertz CT molecular complexity index is 1000. The van der Waals surface area contributed by atoms with E-state index in [0.717, 1.165) is 50.5 Å². The summed E-state index contributed by atoms with van der Waals surface area (Å²) in [5, 5.41) is 0. The molecule has 8 nitrogen and oxygen atoms in total. The lowest BCUT2D eigenvalue weighted by Gasteiger charge is -2.32. The van der Waals surface area contributed by atoms with Crippen LogP contribution in [0.5, 0.6) is 11.5 Å². The van der Waals surface area contributed by atoms with E-state index in [4.69, 9.17) is 18.9 Å². The van der Waals surface area contributed by atoms with Gasteiger partial charge in [0, 0.05) is 62.2 Å². The van der Waals surface area contributed by atoms with Crippen molar-refractivity contribution >= 4 is 36.4 Å². The zero-order valence-electron chi connectivity index (χ0n) is 26.2. The summed E-state index contributed by atoms with van der Waals surface area (Å²) in [4.78, 5) is 32.4. The third-order valence-electron chi connectivity index (χ3n) is 7.99. The number of carbonyl (C=O) groups is 2. The largest absolute Gasteiger partial charge is 0.494 e. The van der Waals surface area contributed by atoms with Crippen molar-refractivity contribution < 1.29 is 28.5 Å². The van der Waals surface area contributed by atoms with E-state index in [-0.39, 0.29) is 48.2 Å². The molecule has 2 fully saturated rings. The second-order valence-electron chi connectivity index (χ2n) is 11.3. The maximum atomic E-state index is 13.9. The maximum Gasteiger partial charge on any atom is 0.167 e. The first-order chi connectivity index (χ1) is 20.6. The van der Waals surface area contributed by atoms with Crippen LogP contribution in [0.3, 0.4) is 0 Å². The summed E-state index contributed by atoms with van der Waals surface area (Å²) in [7, 11) is 0. The van der Waals surface area contributed by atoms with Crippen LogP contribution in [-0.2, 0) is 9.47 Å². The van der Waals surface area contributed by atoms with E-state index < -0.39 is 0 Å². The van der Waals surface area contributed by atoms with E-state index in [2.05, 4.69) is 23.6 Å². The summed E-state index contributed by atoms with van der Waals surface area (Å²) in [6.45, 7) is 12.8. The molecule has 10 heteroatoms. The quantitative estimate of drug-likeness (QED) is 0.197. The molecule has 2 heterocycles. The molecule has 0 amide bonds. The molecule has 2 saturated heterocycles. The second-order valence-corrected chi connectivity index (χ2v) is 11.3. The Morgan fingerprint density at radius 3 is 1.30 bits per heavy atom. The summed E-state index contributed by atoms with van der Waals surface area (Å²) >= 11 is 0. The van der Waals surface area contributed by atoms with E-state index in [1.165, 1.54) is 0 Å². The minimum absolute atomic E-state index is 0. The number of carbonyl (C=O) groups excluding carboxylic acids is 2. The average Bonchev–Trinajstić information content (AvgIpc) is 3.05. The van der Waals surface area contributed by atoms with Gasteiger partial charge in [0.15, 0.2) is 11.6 Å². The first-order valence-corrected chi connectivity index (χ1v) is 15.7. The highest BCUT2D eigenvalue weighted by molar-refractivity contribution is 5.99. The van der Waals surface area contributed by atoms with Gasteiger partial charge in [0.25, 0.3) is 0 Å². The molecule has 2 aliphatic heterocycles. The predicted molar refractivity (Wildman–Crippen MR) is 178 cm³/mol. The van der Waals surface area contributed by atoms with Crippen molar-refractivity contribution in [1.29, 1.82) is 0 Å². The Hall–Kier alpha value is -2.20. The Morgan fingerprint density at radius 1 is 0.636 bits per heavy atom. The van der Waals surface area contributed by atoms with Crippen molar-refractivity contribution in [3.63, 3.8) is 0 Å². The number of ether oxygens (including phenoxy) is 4. The lowest BCUT2D eigenvalue weighted by Crippen LogP contribution is -2.42. The molecule has 2 aromatic carbocycles. The number of morpholine rings is 2. The highest BCUT2D eigenvalue weighted by atomic mass is 35.5. The summed E-state index contributed by atoms with van der Waals surface area (Å²) < 4.78 is 22.6. The molecule has 0 aromatic heterocycles. The molecular weight excluding hydrogens is 603 g/mol. The molecule has 2 aliphatic rings. The fourth-order valence-corrected chi connectivity index (χ4v) is 5.55. The van der Waals surface area contributed by atoms with Crippen molar-refractivity contribution in [2.75, 3.05) is 78.9 Å². The van der Waals surface area contributed by atoms with E-state index in [1.807, 2.05) is 48.5 Å². The molecule has 2 atom stereocenters. The van der Waals surface area contributed by atoms with Crippen molar-refractivity contribution in [3.05, 3.63) is 59.7 Å². The molecule has 0 aliphatic carbocycles. The van der Waals surface area contributed by atoms with Gasteiger partial charge < -0.3 is 18.9 Å². The zero-order chi connectivity index (χ0) is 29.6. The van der Waals surface area contributed by atoms with Crippen molar-refractivity contribution in [3.8, 4) is 11.5 Å². The van der Waals surface area contributed by atoms with Crippen LogP contribution >= 0.6 is 24.8 Å². The molecule has 0 spiro atoms. The van der Waals surface area contributed by atoms with Crippen LogP contribution in [0.1, 0.15) is 60.2 Å². The lowest BCUT2D eigenvalue weighted by atomic mass is 9.86. The van der Waals surface area contributed by atoms with Gasteiger partial charge in [-0.2, -0.15) is 0 Å². The number of benzene rings is 2. The number of hydrogen-bond acceptors (Lipinski definition) is 8. The van der Waals surface area contributed by atoms with Crippen LogP contribution < -0.4 is 9.47 Å². The number of ketones is 2. The minimum Gasteiger partial charge on any atom is -0.494 e. The highest BCUT2D eigenvalue weighted by Crippen LogP contribution is 2.25. The van der Waals surface area contributed by atoms with E-state index in [9.17, 15) is 9.59 Å². The molecule has 2 aromatic rings. The Labute approximate surface area is 275 Å². The first-order valence-electron chi connectivity index (χ1n) is 15.7. The summed E-state index contributed by atoms with van der Waals surface area (Å²) in [6, 6.07) is 15.0. The normalized spacial score (nSPS) is 17.0. The third-order valence-corrected chi connectivity index (χ3v) is 7.99. The molecule has 246 valence electrons. The summed E-state index contributed by atoms with van der Waals surface area (Å²) in [6.07, 6.45) is 3.15. The number of Topliss-reactive ketones (excluding diaryl/α,β-unsaturated/α-hetero) is 2. The van der Waals surface area contributed by atoms with Gasteiger partial charge in [0.05, 0.1) is 39.6 Å². The molecule has 44 heavy (non-hydrogen) atoms. The van der Waals surface area contributed by atoms with Crippen LogP contribution in [0.25, 0.3) is 0 Å². The third kappa shape index (κ3) is 12.0. The smallest absolute Gasteiger partial charge is 0.167 e. The number of halogens is 2. The van der Waals surface area contributed by atoms with Gasteiger partial charge in [-0.05, 0) is 74.2 Å². The fraction of sp³-hybridized carbons (Fsp3) is 0.588. The molecule has 4 rings (SSSR count). The standard InChI is InChI=1S/C34H48N2O6.2ClH/c1-3-19-41-31-11-7-27(8-12-31)33(37)29(25-35-15-21-39-22-16-35)5-6-30(26-36-17-23-40-24-18-36)34(38)28-9-13-32(14-10-28)42-20-4-2;;/h7-14,29-30H,3-6,15-26H2,1-2H3;2*1H. The van der Waals surface area contributed by atoms with Gasteiger partial charge >= 0.3 is 0 Å². The van der Waals surface area contributed by atoms with Crippen molar-refractivity contribution in [2.24, 2.45) is 11.8 Å². The van der Waals surface area contributed by atoms with Gasteiger partial charge in [-0.15, -0.1) is 24.8 Å². The number of rotatable bonds is 17. The summed E-state index contributed by atoms with van der Waals surface area (Å²) in [5.74, 6) is 1.38. The van der Waals surface area contributed by atoms with Gasteiger partial charge in [0.1, 0.15) is 11.5 Å². The SMILES string of the molecule is CCCOc1ccc(C(=O)C(CCC(CN2CCOCC2)C(=O)c2ccc(OCCC)cc2)CN2CCOCC2)cc1.Cl.Cl. The molecular formula is C34H50Cl2N2O6. The number of nitrogens with zero attached hydrogens (tertiary/aromatic N) is 2. The Kier molecular flexibility index (Phi) is 17.9. The molecule has 0 N–H and O–H groups in total. The molecule has 0 bridgehead atoms. The average molecular weight is 654 g/mol. The molecule has 0 saturated carbocycles. The highest BCUT2D eigenvalue weighted by Gasteiger charge is 2.29. The zero-order valence-corrected chi connectivity index (χ0v) is 27.9. The van der Waals surface area contributed by atoms with Crippen LogP contribution in [0.4, 0.5) is 0 Å². The minimum atomic E-state index is -0.213. The van der Waals surface area contributed by atoms with Crippen molar-refractivity contribution in [1.82, 2.24) is 9.80 Å². The predicted octanol–water partition coefficient (Wildman–Crippen LogP) is 5.85. The van der Waals surface area contributed by atoms with Crippen LogP contribution in [0.2, 0.25) is 0 Å².